The van der Waals surface area contributed by atoms with Crippen LogP contribution >= 0.6 is 0 Å². The van der Waals surface area contributed by atoms with E-state index in [1.165, 1.54) is 64.3 Å². The molecule has 2 atom stereocenters. The van der Waals surface area contributed by atoms with Crippen LogP contribution in [0.1, 0.15) is 64.7 Å². The van der Waals surface area contributed by atoms with Crippen LogP contribution in [0.4, 0.5) is 0 Å². The molecule has 1 saturated heterocycles. The van der Waals surface area contributed by atoms with Gasteiger partial charge in [-0.15, -0.1) is 0 Å². The van der Waals surface area contributed by atoms with Crippen molar-refractivity contribution in [3.63, 3.8) is 0 Å². The minimum Gasteiger partial charge on any atom is -0.375 e. The molecule has 1 spiro atoms. The Hall–Kier alpha value is -0.0800. The number of hydrogen-bond donors (Lipinski definition) is 1. The summed E-state index contributed by atoms with van der Waals surface area (Å²) in [5.41, 5.74) is 0.318. The molecule has 0 aromatic rings. The van der Waals surface area contributed by atoms with E-state index in [-0.39, 0.29) is 0 Å². The van der Waals surface area contributed by atoms with Crippen molar-refractivity contribution in [2.75, 3.05) is 13.2 Å². The lowest BCUT2D eigenvalue weighted by molar-refractivity contribution is -0.147. The second-order valence-corrected chi connectivity index (χ2v) is 6.88. The first-order valence-electron chi connectivity index (χ1n) is 8.19. The molecule has 0 aromatic heterocycles. The van der Waals surface area contributed by atoms with E-state index in [0.717, 1.165) is 24.5 Å². The zero-order valence-corrected chi connectivity index (χ0v) is 11.9. The van der Waals surface area contributed by atoms with Crippen molar-refractivity contribution in [3.05, 3.63) is 0 Å². The van der Waals surface area contributed by atoms with Gasteiger partial charge in [-0.25, -0.2) is 0 Å². The quantitative estimate of drug-likeness (QED) is 0.780. The molecule has 2 aliphatic carbocycles. The summed E-state index contributed by atoms with van der Waals surface area (Å²) in [6, 6.07) is 0.777. The highest BCUT2D eigenvalue weighted by atomic mass is 16.5. The van der Waals surface area contributed by atoms with Crippen molar-refractivity contribution in [2.24, 2.45) is 11.8 Å². The van der Waals surface area contributed by atoms with Gasteiger partial charge in [-0.05, 0) is 63.3 Å². The highest BCUT2D eigenvalue weighted by molar-refractivity contribution is 4.97. The third kappa shape index (κ3) is 2.91. The highest BCUT2D eigenvalue weighted by Crippen LogP contribution is 2.46. The Bertz CT molecular complexity index is 270. The first-order valence-corrected chi connectivity index (χ1v) is 8.19. The summed E-state index contributed by atoms with van der Waals surface area (Å²) in [4.78, 5) is 0. The molecule has 0 aromatic carbocycles. The number of hydrogen-bond acceptors (Lipinski definition) is 2. The smallest absolute Gasteiger partial charge is 0.0685 e. The fraction of sp³-hybridized carbons (Fsp3) is 1.00. The molecular weight excluding hydrogens is 222 g/mol. The lowest BCUT2D eigenvalue weighted by Gasteiger charge is -2.49. The van der Waals surface area contributed by atoms with E-state index in [2.05, 4.69) is 12.2 Å². The van der Waals surface area contributed by atoms with Gasteiger partial charge in [-0.2, -0.15) is 0 Å². The molecule has 3 rings (SSSR count). The van der Waals surface area contributed by atoms with E-state index in [1.807, 2.05) is 0 Å². The molecule has 2 unspecified atom stereocenters. The predicted molar refractivity (Wildman–Crippen MR) is 74.7 cm³/mol. The van der Waals surface area contributed by atoms with E-state index in [1.54, 1.807) is 0 Å². The fourth-order valence-electron chi connectivity index (χ4n) is 3.81. The standard InChI is InChI=1S/C16H29NO/c1-2-9-17-15(11-13-4-5-13)14-6-10-18-16(12-14)7-3-8-16/h13-15,17H,2-12H2,1H3. The monoisotopic (exact) mass is 251 g/mol. The fourth-order valence-corrected chi connectivity index (χ4v) is 3.81. The summed E-state index contributed by atoms with van der Waals surface area (Å²) in [6.45, 7) is 4.49. The normalized spacial score (nSPS) is 32.2. The van der Waals surface area contributed by atoms with Gasteiger partial charge in [-0.3, -0.25) is 0 Å². The molecule has 1 N–H and O–H groups in total. The molecule has 0 radical (unpaired) electrons. The minimum atomic E-state index is 0.318. The second-order valence-electron chi connectivity index (χ2n) is 6.88. The van der Waals surface area contributed by atoms with Crippen molar-refractivity contribution in [1.82, 2.24) is 5.32 Å². The molecule has 0 amide bonds. The van der Waals surface area contributed by atoms with Crippen LogP contribution in [0.2, 0.25) is 0 Å². The Balaban J connectivity index is 1.57. The van der Waals surface area contributed by atoms with Crippen molar-refractivity contribution in [3.8, 4) is 0 Å². The van der Waals surface area contributed by atoms with Crippen LogP contribution in [0.25, 0.3) is 0 Å². The number of ether oxygens (including phenoxy) is 1. The summed E-state index contributed by atoms with van der Waals surface area (Å²) in [6.07, 6.45) is 12.3. The topological polar surface area (TPSA) is 21.3 Å². The van der Waals surface area contributed by atoms with E-state index in [0.29, 0.717) is 5.60 Å². The van der Waals surface area contributed by atoms with Gasteiger partial charge in [0.15, 0.2) is 0 Å². The van der Waals surface area contributed by atoms with Crippen LogP contribution in [0.15, 0.2) is 0 Å². The Kier molecular flexibility index (Phi) is 3.95. The largest absolute Gasteiger partial charge is 0.375 e. The van der Waals surface area contributed by atoms with E-state index in [9.17, 15) is 0 Å². The van der Waals surface area contributed by atoms with Crippen LogP contribution in [0.3, 0.4) is 0 Å². The Labute approximate surface area is 112 Å². The van der Waals surface area contributed by atoms with Gasteiger partial charge in [0.25, 0.3) is 0 Å². The molecule has 1 heterocycles. The molecule has 3 aliphatic rings. The molecule has 18 heavy (non-hydrogen) atoms. The van der Waals surface area contributed by atoms with Gasteiger partial charge in [-0.1, -0.05) is 19.8 Å². The molecule has 104 valence electrons. The van der Waals surface area contributed by atoms with Gasteiger partial charge in [0, 0.05) is 12.6 Å². The van der Waals surface area contributed by atoms with E-state index < -0.39 is 0 Å². The van der Waals surface area contributed by atoms with Crippen LogP contribution in [-0.2, 0) is 4.74 Å². The molecule has 3 fully saturated rings. The molecule has 1 aliphatic heterocycles. The Morgan fingerprint density at radius 2 is 2.11 bits per heavy atom. The first kappa shape index (κ1) is 12.9. The van der Waals surface area contributed by atoms with Crippen LogP contribution in [-0.4, -0.2) is 24.8 Å². The van der Waals surface area contributed by atoms with Gasteiger partial charge < -0.3 is 10.1 Å². The number of nitrogens with one attached hydrogen (secondary N) is 1. The Morgan fingerprint density at radius 3 is 2.72 bits per heavy atom. The maximum Gasteiger partial charge on any atom is 0.0685 e. The molecule has 0 bridgehead atoms. The molecule has 2 saturated carbocycles. The SMILES string of the molecule is CCCNC(CC1CC1)C1CCOC2(CCC2)C1. The zero-order chi connectivity index (χ0) is 12.4. The van der Waals surface area contributed by atoms with Gasteiger partial charge >= 0.3 is 0 Å². The van der Waals surface area contributed by atoms with Crippen LogP contribution in [0.5, 0.6) is 0 Å². The van der Waals surface area contributed by atoms with Crippen molar-refractivity contribution < 1.29 is 4.74 Å². The third-order valence-corrected chi connectivity index (χ3v) is 5.31. The minimum absolute atomic E-state index is 0.318. The maximum absolute atomic E-state index is 6.08. The average molecular weight is 251 g/mol. The summed E-state index contributed by atoms with van der Waals surface area (Å²) < 4.78 is 6.08. The van der Waals surface area contributed by atoms with Crippen molar-refractivity contribution in [2.45, 2.75) is 76.4 Å². The summed E-state index contributed by atoms with van der Waals surface area (Å²) in [5.74, 6) is 1.92. The van der Waals surface area contributed by atoms with Gasteiger partial charge in [0.05, 0.1) is 5.60 Å². The molecule has 2 nitrogen and oxygen atoms in total. The third-order valence-electron chi connectivity index (χ3n) is 5.31. The zero-order valence-electron chi connectivity index (χ0n) is 11.9. The van der Waals surface area contributed by atoms with E-state index in [4.69, 9.17) is 4.74 Å². The van der Waals surface area contributed by atoms with Crippen molar-refractivity contribution >= 4 is 0 Å². The van der Waals surface area contributed by atoms with E-state index >= 15 is 0 Å². The van der Waals surface area contributed by atoms with Gasteiger partial charge in [0.2, 0.25) is 0 Å². The highest BCUT2D eigenvalue weighted by Gasteiger charge is 2.44. The maximum atomic E-state index is 6.08. The molecular formula is C16H29NO. The summed E-state index contributed by atoms with van der Waals surface area (Å²) in [5, 5.41) is 3.84. The lowest BCUT2D eigenvalue weighted by atomic mass is 9.70. The molecule has 2 heteroatoms. The Morgan fingerprint density at radius 1 is 1.28 bits per heavy atom. The van der Waals surface area contributed by atoms with Crippen LogP contribution < -0.4 is 5.32 Å². The summed E-state index contributed by atoms with van der Waals surface area (Å²) in [7, 11) is 0. The summed E-state index contributed by atoms with van der Waals surface area (Å²) >= 11 is 0. The van der Waals surface area contributed by atoms with Crippen molar-refractivity contribution in [1.29, 1.82) is 0 Å². The average Bonchev–Trinajstić information content (AvgIpc) is 3.16. The van der Waals surface area contributed by atoms with Gasteiger partial charge in [0.1, 0.15) is 0 Å². The second kappa shape index (κ2) is 5.50. The van der Waals surface area contributed by atoms with Crippen LogP contribution in [0, 0.1) is 11.8 Å². The lowest BCUT2D eigenvalue weighted by Crippen LogP contribution is -2.50. The predicted octanol–water partition coefficient (Wildman–Crippen LogP) is 3.50. The first-order chi connectivity index (χ1) is 8.81. The number of rotatable bonds is 6.